The van der Waals surface area contributed by atoms with E-state index in [0.717, 1.165) is 23.1 Å². The summed E-state index contributed by atoms with van der Waals surface area (Å²) in [7, 11) is 3.37. The molecular weight excluding hydrogens is 407 g/mol. The minimum atomic E-state index is -0.490. The standard InChI is InChI=1S/C25H25FN4O2/c1-15-10-21(26)22(27)12-19(15)20-11-17-14-29-24(13-23(17)30(2)25(20)31)28-9-8-16-4-6-18(32-3)7-5-16/h4-7,10-14H,8-9,27H2,1-3H3,(H,28,29). The molecule has 0 fully saturated rings. The van der Waals surface area contributed by atoms with E-state index >= 15 is 0 Å². The van der Waals surface area contributed by atoms with E-state index in [1.807, 2.05) is 30.3 Å². The lowest BCUT2D eigenvalue weighted by Crippen LogP contribution is -2.19. The predicted octanol–water partition coefficient (Wildman–Crippen LogP) is 4.29. The molecule has 7 heteroatoms. The molecule has 3 N–H and O–H groups in total. The summed E-state index contributed by atoms with van der Waals surface area (Å²) in [5.41, 5.74) is 9.25. The molecule has 0 saturated carbocycles. The molecule has 0 spiro atoms. The number of benzene rings is 2. The zero-order valence-electron chi connectivity index (χ0n) is 18.3. The lowest BCUT2D eigenvalue weighted by molar-refractivity contribution is 0.414. The molecule has 2 aromatic carbocycles. The Hall–Kier alpha value is -3.87. The van der Waals surface area contributed by atoms with Gasteiger partial charge in [-0.3, -0.25) is 4.79 Å². The smallest absolute Gasteiger partial charge is 0.258 e. The van der Waals surface area contributed by atoms with Crippen LogP contribution in [0.5, 0.6) is 5.75 Å². The van der Waals surface area contributed by atoms with E-state index in [2.05, 4.69) is 10.3 Å². The van der Waals surface area contributed by atoms with Crippen molar-refractivity contribution in [3.63, 3.8) is 0 Å². The van der Waals surface area contributed by atoms with Gasteiger partial charge in [-0.1, -0.05) is 12.1 Å². The van der Waals surface area contributed by atoms with Crippen LogP contribution in [-0.4, -0.2) is 23.2 Å². The first-order valence-electron chi connectivity index (χ1n) is 10.3. The van der Waals surface area contributed by atoms with Gasteiger partial charge in [0, 0.05) is 36.8 Å². The molecule has 32 heavy (non-hydrogen) atoms. The van der Waals surface area contributed by atoms with Crippen molar-refractivity contribution in [2.45, 2.75) is 13.3 Å². The van der Waals surface area contributed by atoms with Gasteiger partial charge in [0.25, 0.3) is 5.56 Å². The van der Waals surface area contributed by atoms with Crippen LogP contribution in [0.4, 0.5) is 15.9 Å². The molecule has 4 aromatic rings. The Kier molecular flexibility index (Phi) is 5.81. The van der Waals surface area contributed by atoms with Crippen molar-refractivity contribution in [3.05, 3.63) is 82.0 Å². The zero-order chi connectivity index (χ0) is 22.8. The van der Waals surface area contributed by atoms with Gasteiger partial charge in [0.15, 0.2) is 0 Å². The molecular formula is C25H25FN4O2. The Balaban J connectivity index is 1.59. The van der Waals surface area contributed by atoms with Gasteiger partial charge < -0.3 is 20.4 Å². The van der Waals surface area contributed by atoms with Crippen molar-refractivity contribution in [2.75, 3.05) is 24.7 Å². The van der Waals surface area contributed by atoms with Crippen LogP contribution >= 0.6 is 0 Å². The van der Waals surface area contributed by atoms with Gasteiger partial charge in [-0.15, -0.1) is 0 Å². The molecule has 0 saturated heterocycles. The Morgan fingerprint density at radius 1 is 1.12 bits per heavy atom. The third-order valence-electron chi connectivity index (χ3n) is 5.62. The molecule has 0 atom stereocenters. The fourth-order valence-electron chi connectivity index (χ4n) is 3.76. The summed E-state index contributed by atoms with van der Waals surface area (Å²) in [6.45, 7) is 2.46. The number of pyridine rings is 2. The molecule has 0 amide bonds. The number of methoxy groups -OCH3 is 1. The Labute approximate surface area is 185 Å². The second kappa shape index (κ2) is 8.70. The molecule has 2 aromatic heterocycles. The second-order valence-electron chi connectivity index (χ2n) is 7.76. The molecule has 0 bridgehead atoms. The highest BCUT2D eigenvalue weighted by molar-refractivity contribution is 5.86. The molecule has 0 unspecified atom stereocenters. The molecule has 0 radical (unpaired) electrons. The van der Waals surface area contributed by atoms with Gasteiger partial charge in [-0.2, -0.15) is 0 Å². The van der Waals surface area contributed by atoms with E-state index < -0.39 is 5.82 Å². The number of aromatic nitrogens is 2. The number of nitrogens with zero attached hydrogens (tertiary/aromatic N) is 2. The number of anilines is 2. The Morgan fingerprint density at radius 3 is 2.59 bits per heavy atom. The van der Waals surface area contributed by atoms with Crippen LogP contribution in [-0.2, 0) is 13.5 Å². The highest BCUT2D eigenvalue weighted by atomic mass is 19.1. The molecule has 164 valence electrons. The topological polar surface area (TPSA) is 82.2 Å². The Bertz CT molecular complexity index is 1350. The maximum Gasteiger partial charge on any atom is 0.258 e. The van der Waals surface area contributed by atoms with Crippen molar-refractivity contribution in [2.24, 2.45) is 7.05 Å². The van der Waals surface area contributed by atoms with E-state index in [-0.39, 0.29) is 11.2 Å². The minimum Gasteiger partial charge on any atom is -0.497 e. The summed E-state index contributed by atoms with van der Waals surface area (Å²) >= 11 is 0. The quantitative estimate of drug-likeness (QED) is 0.444. The summed E-state index contributed by atoms with van der Waals surface area (Å²) in [4.78, 5) is 17.6. The molecule has 0 aliphatic carbocycles. The average Bonchev–Trinajstić information content (AvgIpc) is 2.79. The predicted molar refractivity (Wildman–Crippen MR) is 127 cm³/mol. The number of hydrogen-bond donors (Lipinski definition) is 2. The highest BCUT2D eigenvalue weighted by Crippen LogP contribution is 2.28. The van der Waals surface area contributed by atoms with Crippen LogP contribution in [0.15, 0.2) is 59.5 Å². The van der Waals surface area contributed by atoms with Crippen LogP contribution in [0.1, 0.15) is 11.1 Å². The molecule has 6 nitrogen and oxygen atoms in total. The minimum absolute atomic E-state index is 0.0160. The summed E-state index contributed by atoms with van der Waals surface area (Å²) in [5, 5.41) is 4.12. The summed E-state index contributed by atoms with van der Waals surface area (Å²) in [6, 6.07) is 14.4. The van der Waals surface area contributed by atoms with E-state index in [4.69, 9.17) is 10.5 Å². The maximum atomic E-state index is 13.8. The van der Waals surface area contributed by atoms with Crippen molar-refractivity contribution in [3.8, 4) is 16.9 Å². The maximum absolute atomic E-state index is 13.8. The molecule has 2 heterocycles. The molecule has 0 aliphatic heterocycles. The number of rotatable bonds is 6. The number of aryl methyl sites for hydroxylation is 2. The lowest BCUT2D eigenvalue weighted by Gasteiger charge is -2.13. The van der Waals surface area contributed by atoms with E-state index in [1.165, 1.54) is 17.7 Å². The number of nitrogens with one attached hydrogen (secondary N) is 1. The first-order valence-corrected chi connectivity index (χ1v) is 10.3. The van der Waals surface area contributed by atoms with Crippen LogP contribution in [0.2, 0.25) is 0 Å². The third kappa shape index (κ3) is 4.14. The number of halogens is 1. The van der Waals surface area contributed by atoms with Gasteiger partial charge in [0.05, 0.1) is 18.3 Å². The number of fused-ring (bicyclic) bond motifs is 1. The van der Waals surface area contributed by atoms with Crippen molar-refractivity contribution >= 4 is 22.4 Å². The fraction of sp³-hybridized carbons (Fsp3) is 0.200. The third-order valence-corrected chi connectivity index (χ3v) is 5.62. The van der Waals surface area contributed by atoms with Crippen LogP contribution in [0.25, 0.3) is 22.0 Å². The molecule has 4 rings (SSSR count). The second-order valence-corrected chi connectivity index (χ2v) is 7.76. The van der Waals surface area contributed by atoms with E-state index in [0.29, 0.717) is 29.1 Å². The number of hydrogen-bond acceptors (Lipinski definition) is 5. The monoisotopic (exact) mass is 432 g/mol. The SMILES string of the molecule is COc1ccc(CCNc2cc3c(cn2)cc(-c2cc(N)c(F)cc2C)c(=O)n3C)cc1. The largest absolute Gasteiger partial charge is 0.497 e. The van der Waals surface area contributed by atoms with Crippen molar-refractivity contribution in [1.82, 2.24) is 9.55 Å². The van der Waals surface area contributed by atoms with Gasteiger partial charge in [0.1, 0.15) is 17.4 Å². The number of ether oxygens (including phenoxy) is 1. The first-order chi connectivity index (χ1) is 15.4. The van der Waals surface area contributed by atoms with E-state index in [9.17, 15) is 9.18 Å². The van der Waals surface area contributed by atoms with Crippen molar-refractivity contribution < 1.29 is 9.13 Å². The number of nitrogen functional groups attached to an aromatic ring is 1. The van der Waals surface area contributed by atoms with Gasteiger partial charge >= 0.3 is 0 Å². The highest BCUT2D eigenvalue weighted by Gasteiger charge is 2.14. The normalized spacial score (nSPS) is 11.0. The van der Waals surface area contributed by atoms with Crippen LogP contribution < -0.4 is 21.3 Å². The molecule has 0 aliphatic rings. The van der Waals surface area contributed by atoms with Crippen LogP contribution in [0, 0.1) is 12.7 Å². The summed E-state index contributed by atoms with van der Waals surface area (Å²) in [5.74, 6) is 1.03. The lowest BCUT2D eigenvalue weighted by atomic mass is 9.99. The summed E-state index contributed by atoms with van der Waals surface area (Å²) < 4.78 is 20.5. The van der Waals surface area contributed by atoms with Crippen molar-refractivity contribution in [1.29, 1.82) is 0 Å². The van der Waals surface area contributed by atoms with Gasteiger partial charge in [-0.05, 0) is 60.4 Å². The van der Waals surface area contributed by atoms with Gasteiger partial charge in [0.2, 0.25) is 0 Å². The zero-order valence-corrected chi connectivity index (χ0v) is 18.3. The average molecular weight is 432 g/mol. The van der Waals surface area contributed by atoms with Gasteiger partial charge in [-0.25, -0.2) is 9.37 Å². The fourth-order valence-corrected chi connectivity index (χ4v) is 3.76. The number of nitrogens with two attached hydrogens (primary N) is 1. The summed E-state index contributed by atoms with van der Waals surface area (Å²) in [6.07, 6.45) is 2.56. The Morgan fingerprint density at radius 2 is 1.88 bits per heavy atom. The first kappa shape index (κ1) is 21.4. The van der Waals surface area contributed by atoms with E-state index in [1.54, 1.807) is 37.9 Å². The van der Waals surface area contributed by atoms with Crippen LogP contribution in [0.3, 0.4) is 0 Å².